The second-order valence-corrected chi connectivity index (χ2v) is 8.08. The predicted molar refractivity (Wildman–Crippen MR) is 118 cm³/mol. The molecule has 0 bridgehead atoms. The van der Waals surface area contributed by atoms with Gasteiger partial charge in [-0.15, -0.1) is 0 Å². The molecule has 0 aliphatic heterocycles. The number of rotatable bonds is 15. The van der Waals surface area contributed by atoms with Crippen LogP contribution in [0, 0.1) is 11.8 Å². The van der Waals surface area contributed by atoms with Crippen LogP contribution >= 0.6 is 0 Å². The third-order valence-corrected chi connectivity index (χ3v) is 5.41. The number of carbonyl (C=O) groups is 6. The average molecular weight is 473 g/mol. The molecule has 0 saturated heterocycles. The number of amides is 5. The van der Waals surface area contributed by atoms with Crippen LogP contribution in [-0.2, 0) is 28.8 Å². The highest BCUT2D eigenvalue weighted by Gasteiger charge is 2.33. The molecular weight excluding hydrogens is 436 g/mol. The van der Waals surface area contributed by atoms with Crippen LogP contribution < -0.4 is 33.2 Å². The molecule has 0 aromatic carbocycles. The fourth-order valence-electron chi connectivity index (χ4n) is 2.81. The number of carboxylic acid groups (broad SMARTS) is 1. The van der Waals surface area contributed by atoms with Crippen LogP contribution in [0.25, 0.3) is 0 Å². The van der Waals surface area contributed by atoms with Crippen LogP contribution in [-0.4, -0.2) is 64.8 Å². The largest absolute Gasteiger partial charge is 0.480 e. The van der Waals surface area contributed by atoms with Crippen LogP contribution in [0.1, 0.15) is 53.4 Å². The Morgan fingerprint density at radius 2 is 1.12 bits per heavy atom. The third-order valence-electron chi connectivity index (χ3n) is 5.41. The molecule has 0 aromatic heterocycles. The minimum Gasteiger partial charge on any atom is -0.480 e. The maximum Gasteiger partial charge on any atom is 0.326 e. The number of carbonyl (C=O) groups excluding carboxylic acids is 5. The molecule has 0 aliphatic carbocycles. The molecule has 0 rings (SSSR count). The van der Waals surface area contributed by atoms with Crippen molar-refractivity contribution in [1.29, 1.82) is 0 Å². The van der Waals surface area contributed by atoms with Gasteiger partial charge in [-0.1, -0.05) is 40.5 Å². The van der Waals surface area contributed by atoms with Gasteiger partial charge in [0.15, 0.2) is 0 Å². The van der Waals surface area contributed by atoms with E-state index in [9.17, 15) is 33.9 Å². The Morgan fingerprint density at radius 3 is 1.48 bits per heavy atom. The Bertz CT molecular complexity index is 744. The standard InChI is InChI=1S/C20H36N6O7/c1-5-9(3)15(23)19(31)25-11(7-13(21)27)17(29)24-12(8-14(22)28)18(30)26-16(20(32)33)10(4)6-2/h9-12,15-16H,5-8,23H2,1-4H3,(H2,21,27)(H2,22,28)(H,24,29)(H,25,31)(H,26,30)(H,32,33). The Labute approximate surface area is 192 Å². The monoisotopic (exact) mass is 472 g/mol. The molecule has 33 heavy (non-hydrogen) atoms. The van der Waals surface area contributed by atoms with Crippen molar-refractivity contribution >= 4 is 35.5 Å². The summed E-state index contributed by atoms with van der Waals surface area (Å²) in [4.78, 5) is 72.2. The number of primary amides is 2. The van der Waals surface area contributed by atoms with Gasteiger partial charge >= 0.3 is 5.97 Å². The highest BCUT2D eigenvalue weighted by molar-refractivity contribution is 5.97. The molecule has 0 heterocycles. The zero-order valence-electron chi connectivity index (χ0n) is 19.4. The van der Waals surface area contributed by atoms with E-state index in [0.717, 1.165) is 0 Å². The van der Waals surface area contributed by atoms with E-state index in [2.05, 4.69) is 16.0 Å². The molecule has 188 valence electrons. The lowest BCUT2D eigenvalue weighted by Crippen LogP contribution is -2.59. The predicted octanol–water partition coefficient (Wildman–Crippen LogP) is -2.30. The molecule has 6 atom stereocenters. The van der Waals surface area contributed by atoms with Crippen molar-refractivity contribution < 1.29 is 33.9 Å². The summed E-state index contributed by atoms with van der Waals surface area (Å²) in [7, 11) is 0. The fraction of sp³-hybridized carbons (Fsp3) is 0.700. The first kappa shape index (κ1) is 29.8. The second kappa shape index (κ2) is 14.0. The molecule has 10 N–H and O–H groups in total. The lowest BCUT2D eigenvalue weighted by atomic mass is 9.98. The van der Waals surface area contributed by atoms with E-state index in [4.69, 9.17) is 17.2 Å². The summed E-state index contributed by atoms with van der Waals surface area (Å²) in [5.74, 6) is -6.47. The SMILES string of the molecule is CCC(C)C(N)C(=O)NC(CC(N)=O)C(=O)NC(CC(N)=O)C(=O)NC(C(=O)O)C(C)CC. The van der Waals surface area contributed by atoms with Crippen molar-refractivity contribution in [3.05, 3.63) is 0 Å². The molecule has 0 saturated carbocycles. The Hall–Kier alpha value is -3.22. The maximum absolute atomic E-state index is 12.8. The van der Waals surface area contributed by atoms with Crippen molar-refractivity contribution in [2.45, 2.75) is 77.5 Å². The number of carboxylic acids is 1. The molecule has 6 unspecified atom stereocenters. The topological polar surface area (TPSA) is 237 Å². The Morgan fingerprint density at radius 1 is 0.727 bits per heavy atom. The summed E-state index contributed by atoms with van der Waals surface area (Å²) in [5, 5.41) is 16.2. The molecule has 13 heteroatoms. The smallest absolute Gasteiger partial charge is 0.326 e. The van der Waals surface area contributed by atoms with Gasteiger partial charge in [-0.2, -0.15) is 0 Å². The lowest BCUT2D eigenvalue weighted by molar-refractivity contribution is -0.144. The molecule has 5 amide bonds. The van der Waals surface area contributed by atoms with E-state index in [1.807, 2.05) is 6.92 Å². The second-order valence-electron chi connectivity index (χ2n) is 8.08. The lowest BCUT2D eigenvalue weighted by Gasteiger charge is -2.26. The van der Waals surface area contributed by atoms with Gasteiger partial charge in [-0.3, -0.25) is 24.0 Å². The van der Waals surface area contributed by atoms with E-state index < -0.39 is 78.4 Å². The first-order valence-corrected chi connectivity index (χ1v) is 10.7. The molecule has 0 fully saturated rings. The van der Waals surface area contributed by atoms with Crippen LogP contribution in [0.2, 0.25) is 0 Å². The Kier molecular flexibility index (Phi) is 12.7. The van der Waals surface area contributed by atoms with E-state index in [1.54, 1.807) is 20.8 Å². The van der Waals surface area contributed by atoms with Crippen molar-refractivity contribution in [2.24, 2.45) is 29.0 Å². The minimum atomic E-state index is -1.54. The zero-order chi connectivity index (χ0) is 25.9. The van der Waals surface area contributed by atoms with Crippen LogP contribution in [0.3, 0.4) is 0 Å². The van der Waals surface area contributed by atoms with Gasteiger partial charge in [0.25, 0.3) is 0 Å². The first-order valence-electron chi connectivity index (χ1n) is 10.7. The van der Waals surface area contributed by atoms with Gasteiger partial charge in [-0.05, 0) is 11.8 Å². The fourth-order valence-corrected chi connectivity index (χ4v) is 2.81. The summed E-state index contributed by atoms with van der Waals surface area (Å²) >= 11 is 0. The van der Waals surface area contributed by atoms with E-state index in [-0.39, 0.29) is 5.92 Å². The van der Waals surface area contributed by atoms with Crippen LogP contribution in [0.4, 0.5) is 0 Å². The number of hydrogen-bond donors (Lipinski definition) is 7. The van der Waals surface area contributed by atoms with Gasteiger partial charge in [0, 0.05) is 0 Å². The molecule has 0 spiro atoms. The molecule has 0 aromatic rings. The average Bonchev–Trinajstić information content (AvgIpc) is 2.73. The first-order chi connectivity index (χ1) is 15.2. The molecular formula is C20H36N6O7. The van der Waals surface area contributed by atoms with Crippen molar-refractivity contribution in [3.8, 4) is 0 Å². The number of nitrogens with two attached hydrogens (primary N) is 3. The number of nitrogens with one attached hydrogen (secondary N) is 3. The number of hydrogen-bond acceptors (Lipinski definition) is 7. The number of aliphatic carboxylic acids is 1. The third kappa shape index (κ3) is 10.3. The van der Waals surface area contributed by atoms with Crippen LogP contribution in [0.15, 0.2) is 0 Å². The highest BCUT2D eigenvalue weighted by atomic mass is 16.4. The van der Waals surface area contributed by atoms with Crippen molar-refractivity contribution in [1.82, 2.24) is 16.0 Å². The van der Waals surface area contributed by atoms with Gasteiger partial charge in [0.05, 0.1) is 18.9 Å². The van der Waals surface area contributed by atoms with E-state index >= 15 is 0 Å². The van der Waals surface area contributed by atoms with Crippen LogP contribution in [0.5, 0.6) is 0 Å². The summed E-state index contributed by atoms with van der Waals surface area (Å²) in [6.45, 7) is 6.90. The van der Waals surface area contributed by atoms with E-state index in [0.29, 0.717) is 12.8 Å². The zero-order valence-corrected chi connectivity index (χ0v) is 19.4. The van der Waals surface area contributed by atoms with Crippen molar-refractivity contribution in [2.75, 3.05) is 0 Å². The highest BCUT2D eigenvalue weighted by Crippen LogP contribution is 2.09. The summed E-state index contributed by atoms with van der Waals surface area (Å²) < 4.78 is 0. The van der Waals surface area contributed by atoms with Gasteiger partial charge in [0.1, 0.15) is 18.1 Å². The summed E-state index contributed by atoms with van der Waals surface area (Å²) in [6, 6.07) is -5.26. The van der Waals surface area contributed by atoms with E-state index in [1.165, 1.54) is 0 Å². The summed E-state index contributed by atoms with van der Waals surface area (Å²) in [6.07, 6.45) is -0.218. The van der Waals surface area contributed by atoms with Gasteiger partial charge in [-0.25, -0.2) is 4.79 Å². The summed E-state index contributed by atoms with van der Waals surface area (Å²) in [5.41, 5.74) is 16.2. The Balaban J connectivity index is 5.63. The normalized spacial score (nSPS) is 16.3. The van der Waals surface area contributed by atoms with Gasteiger partial charge in [0.2, 0.25) is 29.5 Å². The van der Waals surface area contributed by atoms with Gasteiger partial charge < -0.3 is 38.3 Å². The quantitative estimate of drug-likeness (QED) is 0.136. The maximum atomic E-state index is 12.8. The van der Waals surface area contributed by atoms with Crippen molar-refractivity contribution in [3.63, 3.8) is 0 Å². The molecule has 13 nitrogen and oxygen atoms in total. The minimum absolute atomic E-state index is 0.218. The molecule has 0 radical (unpaired) electrons. The molecule has 0 aliphatic rings.